The van der Waals surface area contributed by atoms with Crippen molar-refractivity contribution >= 4 is 22.9 Å². The molecule has 8 heteroatoms. The van der Waals surface area contributed by atoms with E-state index in [-0.39, 0.29) is 6.04 Å². The number of benzene rings is 3. The molecule has 0 aliphatic heterocycles. The van der Waals surface area contributed by atoms with E-state index in [0.29, 0.717) is 17.9 Å². The minimum atomic E-state index is -2.25. The molecule has 0 saturated heterocycles. The van der Waals surface area contributed by atoms with Crippen LogP contribution in [0.5, 0.6) is 11.5 Å². The number of aliphatic carboxylic acids is 1. The Morgan fingerprint density at radius 3 is 2.33 bits per heavy atom. The number of hydrogen-bond acceptors (Lipinski definition) is 4. The van der Waals surface area contributed by atoms with Gasteiger partial charge in [0.2, 0.25) is 0 Å². The van der Waals surface area contributed by atoms with Crippen molar-refractivity contribution in [3.63, 3.8) is 0 Å². The van der Waals surface area contributed by atoms with Gasteiger partial charge in [-0.25, -0.2) is 9.00 Å². The highest BCUT2D eigenvalue weighted by molar-refractivity contribution is 7.80. The second-order valence-corrected chi connectivity index (χ2v) is 8.60. The summed E-state index contributed by atoms with van der Waals surface area (Å²) in [5, 5.41) is 8.96. The van der Waals surface area contributed by atoms with E-state index < -0.39 is 23.8 Å². The summed E-state index contributed by atoms with van der Waals surface area (Å²) in [4.78, 5) is 10.9. The lowest BCUT2D eigenvalue weighted by Crippen LogP contribution is -2.33. The number of hydrogen-bond donors (Lipinski definition) is 2. The van der Waals surface area contributed by atoms with Crippen LogP contribution in [0.3, 0.4) is 0 Å². The second-order valence-electron chi connectivity index (χ2n) is 7.75. The summed E-state index contributed by atoms with van der Waals surface area (Å²) in [7, 11) is 1.62. The van der Waals surface area contributed by atoms with E-state index in [1.807, 2.05) is 54.6 Å². The number of rotatable bonds is 8. The molecule has 3 aromatic carbocycles. The summed E-state index contributed by atoms with van der Waals surface area (Å²) in [5.74, 6) is 0.244. The standard InChI is InChI=1S/C25H25NO6S/c1-31-20-14-10-18(11-15-20)17-8-12-19(13-9-17)26(33(29)30)23-6-2-5-22-21(23)4-3-7-24(22)32-16-25(27)28/h3-4,7-15,23H,2,5-6,16H2,1H3,(H,27,28)(H,29,30). The lowest BCUT2D eigenvalue weighted by Gasteiger charge is -2.35. The highest BCUT2D eigenvalue weighted by Gasteiger charge is 2.31. The highest BCUT2D eigenvalue weighted by atomic mass is 32.2. The molecule has 33 heavy (non-hydrogen) atoms. The predicted octanol–water partition coefficient (Wildman–Crippen LogP) is 4.85. The van der Waals surface area contributed by atoms with Crippen molar-refractivity contribution in [2.24, 2.45) is 0 Å². The molecule has 2 atom stereocenters. The molecule has 1 aliphatic rings. The number of carboxylic acids is 1. The maximum Gasteiger partial charge on any atom is 0.341 e. The van der Waals surface area contributed by atoms with Gasteiger partial charge in [0.05, 0.1) is 18.8 Å². The second kappa shape index (κ2) is 10.1. The summed E-state index contributed by atoms with van der Waals surface area (Å²) in [6.45, 7) is -0.427. The van der Waals surface area contributed by atoms with Gasteiger partial charge in [0, 0.05) is 0 Å². The number of carbonyl (C=O) groups is 1. The van der Waals surface area contributed by atoms with E-state index >= 15 is 0 Å². The van der Waals surface area contributed by atoms with E-state index in [2.05, 4.69) is 0 Å². The first-order chi connectivity index (χ1) is 16.0. The van der Waals surface area contributed by atoms with Gasteiger partial charge in [-0.1, -0.05) is 36.4 Å². The molecule has 1 aliphatic carbocycles. The quantitative estimate of drug-likeness (QED) is 0.460. The van der Waals surface area contributed by atoms with Gasteiger partial charge in [0.25, 0.3) is 11.3 Å². The van der Waals surface area contributed by atoms with Crippen molar-refractivity contribution in [1.82, 2.24) is 0 Å². The van der Waals surface area contributed by atoms with Gasteiger partial charge in [-0.05, 0) is 71.8 Å². The van der Waals surface area contributed by atoms with Crippen LogP contribution in [0.15, 0.2) is 66.7 Å². The smallest absolute Gasteiger partial charge is 0.341 e. The lowest BCUT2D eigenvalue weighted by atomic mass is 9.87. The van der Waals surface area contributed by atoms with Crippen LogP contribution < -0.4 is 13.8 Å². The molecule has 0 spiro atoms. The van der Waals surface area contributed by atoms with E-state index in [9.17, 15) is 13.6 Å². The van der Waals surface area contributed by atoms with Crippen LogP contribution in [0.2, 0.25) is 0 Å². The van der Waals surface area contributed by atoms with Crippen LogP contribution in [0.25, 0.3) is 11.1 Å². The van der Waals surface area contributed by atoms with Gasteiger partial charge in [-0.3, -0.25) is 8.86 Å². The van der Waals surface area contributed by atoms with E-state index in [1.54, 1.807) is 19.2 Å². The fourth-order valence-corrected chi connectivity index (χ4v) is 5.01. The topological polar surface area (TPSA) is 96.3 Å². The van der Waals surface area contributed by atoms with Crippen molar-refractivity contribution in [3.8, 4) is 22.6 Å². The third-order valence-corrected chi connectivity index (χ3v) is 6.58. The fraction of sp³-hybridized carbons (Fsp3) is 0.240. The molecule has 2 unspecified atom stereocenters. The van der Waals surface area contributed by atoms with Crippen molar-refractivity contribution < 1.29 is 28.1 Å². The summed E-state index contributed by atoms with van der Waals surface area (Å²) in [6.07, 6.45) is 2.22. The van der Waals surface area contributed by atoms with Gasteiger partial charge in [-0.2, -0.15) is 0 Å². The van der Waals surface area contributed by atoms with E-state index in [4.69, 9.17) is 14.6 Å². The van der Waals surface area contributed by atoms with Gasteiger partial charge in [0.1, 0.15) is 11.5 Å². The summed E-state index contributed by atoms with van der Waals surface area (Å²) in [5.41, 5.74) is 4.40. The molecule has 0 amide bonds. The monoisotopic (exact) mass is 467 g/mol. The summed E-state index contributed by atoms with van der Waals surface area (Å²) in [6, 6.07) is 20.4. The maximum absolute atomic E-state index is 12.4. The zero-order valence-corrected chi connectivity index (χ0v) is 19.0. The zero-order valence-electron chi connectivity index (χ0n) is 18.1. The van der Waals surface area contributed by atoms with Gasteiger partial charge < -0.3 is 14.6 Å². The molecule has 0 heterocycles. The Morgan fingerprint density at radius 1 is 1.06 bits per heavy atom. The van der Waals surface area contributed by atoms with Crippen molar-refractivity contribution in [3.05, 3.63) is 77.9 Å². The Balaban J connectivity index is 1.64. The number of fused-ring (bicyclic) bond motifs is 1. The Hall–Kier alpha value is -3.36. The first-order valence-corrected chi connectivity index (χ1v) is 11.7. The van der Waals surface area contributed by atoms with E-state index in [0.717, 1.165) is 40.8 Å². The summed E-state index contributed by atoms with van der Waals surface area (Å²) >= 11 is -2.25. The van der Waals surface area contributed by atoms with Crippen molar-refractivity contribution in [2.45, 2.75) is 25.3 Å². The molecule has 3 aromatic rings. The number of anilines is 1. The molecule has 4 rings (SSSR count). The predicted molar refractivity (Wildman–Crippen MR) is 127 cm³/mol. The van der Waals surface area contributed by atoms with Crippen LogP contribution in [-0.2, 0) is 22.5 Å². The molecule has 0 fully saturated rings. The van der Waals surface area contributed by atoms with Crippen LogP contribution in [-0.4, -0.2) is 33.6 Å². The molecular formula is C25H25NO6S. The first-order valence-electron chi connectivity index (χ1n) is 10.6. The van der Waals surface area contributed by atoms with Gasteiger partial charge in [0.15, 0.2) is 6.61 Å². The molecule has 0 bridgehead atoms. The number of methoxy groups -OCH3 is 1. The van der Waals surface area contributed by atoms with Crippen LogP contribution in [0.1, 0.15) is 30.0 Å². The Labute approximate surface area is 195 Å². The van der Waals surface area contributed by atoms with Crippen LogP contribution >= 0.6 is 0 Å². The normalized spacial score (nSPS) is 15.9. The molecule has 7 nitrogen and oxygen atoms in total. The van der Waals surface area contributed by atoms with Gasteiger partial charge >= 0.3 is 5.97 Å². The Bertz CT molecular complexity index is 1150. The molecule has 0 saturated carbocycles. The number of carboxylic acid groups (broad SMARTS) is 1. The van der Waals surface area contributed by atoms with Gasteiger partial charge in [-0.15, -0.1) is 0 Å². The summed E-state index contributed by atoms with van der Waals surface area (Å²) < 4.78 is 34.8. The number of nitrogens with zero attached hydrogens (tertiary/aromatic N) is 1. The molecule has 2 N–H and O–H groups in total. The van der Waals surface area contributed by atoms with Crippen molar-refractivity contribution in [2.75, 3.05) is 18.0 Å². The molecular weight excluding hydrogens is 442 g/mol. The van der Waals surface area contributed by atoms with Crippen LogP contribution in [0, 0.1) is 0 Å². The Kier molecular flexibility index (Phi) is 6.96. The molecule has 172 valence electrons. The van der Waals surface area contributed by atoms with E-state index in [1.165, 1.54) is 4.31 Å². The largest absolute Gasteiger partial charge is 0.497 e. The minimum Gasteiger partial charge on any atom is -0.497 e. The SMILES string of the molecule is COc1ccc(-c2ccc(N(C3CCCc4c(OCC(=O)O)cccc43)S(=O)O)cc2)cc1. The number of ether oxygens (including phenoxy) is 2. The molecule has 0 aromatic heterocycles. The van der Waals surface area contributed by atoms with Crippen molar-refractivity contribution in [1.29, 1.82) is 0 Å². The third-order valence-electron chi connectivity index (χ3n) is 5.78. The Morgan fingerprint density at radius 2 is 1.73 bits per heavy atom. The molecule has 0 radical (unpaired) electrons. The van der Waals surface area contributed by atoms with Crippen LogP contribution in [0.4, 0.5) is 5.69 Å². The minimum absolute atomic E-state index is 0.334. The first kappa shape index (κ1) is 22.8. The fourth-order valence-electron chi connectivity index (χ4n) is 4.27. The average molecular weight is 468 g/mol. The maximum atomic E-state index is 12.4. The third kappa shape index (κ3) is 5.02. The zero-order chi connectivity index (χ0) is 23.4. The lowest BCUT2D eigenvalue weighted by molar-refractivity contribution is -0.139. The average Bonchev–Trinajstić information content (AvgIpc) is 2.83. The highest BCUT2D eigenvalue weighted by Crippen LogP contribution is 2.41.